The van der Waals surface area contributed by atoms with E-state index in [4.69, 9.17) is 10.3 Å². The van der Waals surface area contributed by atoms with Crippen LogP contribution in [0.5, 0.6) is 0 Å². The summed E-state index contributed by atoms with van der Waals surface area (Å²) in [6.45, 7) is 0.629. The third kappa shape index (κ3) is 0.903. The normalized spacial score (nSPS) is 22.1. The highest BCUT2D eigenvalue weighted by atomic mass is 16.5. The summed E-state index contributed by atoms with van der Waals surface area (Å²) < 4.78 is 4.95. The van der Waals surface area contributed by atoms with Crippen LogP contribution < -0.4 is 11.3 Å². The molecule has 0 fully saturated rings. The summed E-state index contributed by atoms with van der Waals surface area (Å²) in [4.78, 5) is 11.0. The van der Waals surface area contributed by atoms with Crippen LogP contribution in [0.15, 0.2) is 9.32 Å². The van der Waals surface area contributed by atoms with Gasteiger partial charge >= 0.3 is 0 Å². The van der Waals surface area contributed by atoms with Crippen LogP contribution in [0.1, 0.15) is 11.3 Å². The number of aromatic amines is 1. The summed E-state index contributed by atoms with van der Waals surface area (Å²) in [6.07, 6.45) is 1.59. The van der Waals surface area contributed by atoms with E-state index < -0.39 is 0 Å². The molecule has 11 heavy (non-hydrogen) atoms. The van der Waals surface area contributed by atoms with Crippen molar-refractivity contribution >= 4 is 0 Å². The molecule has 0 saturated heterocycles. The first-order valence-corrected chi connectivity index (χ1v) is 3.70. The molecule has 1 atom stereocenters. The average Bonchev–Trinajstić information content (AvgIpc) is 2.53. The van der Waals surface area contributed by atoms with Gasteiger partial charge in [-0.15, -0.1) is 0 Å². The van der Waals surface area contributed by atoms with E-state index in [0.29, 0.717) is 12.5 Å². The molecule has 0 aromatic carbocycles. The van der Waals surface area contributed by atoms with Gasteiger partial charge in [-0.3, -0.25) is 4.79 Å². The highest BCUT2D eigenvalue weighted by Gasteiger charge is 2.26. The van der Waals surface area contributed by atoms with Crippen LogP contribution in [0.25, 0.3) is 0 Å². The molecule has 0 saturated carbocycles. The van der Waals surface area contributed by atoms with Crippen molar-refractivity contribution in [2.24, 2.45) is 11.7 Å². The summed E-state index contributed by atoms with van der Waals surface area (Å²) in [5.74, 6) is 1.21. The molecule has 1 heterocycles. The first-order valence-electron chi connectivity index (χ1n) is 3.70. The van der Waals surface area contributed by atoms with E-state index >= 15 is 0 Å². The zero-order valence-electron chi connectivity index (χ0n) is 6.09. The maximum absolute atomic E-state index is 11.0. The average molecular weight is 154 g/mol. The Morgan fingerprint density at radius 2 is 2.45 bits per heavy atom. The fourth-order valence-electron chi connectivity index (χ4n) is 1.52. The largest absolute Gasteiger partial charge is 0.383 e. The smallest absolute Gasteiger partial charge is 0.283 e. The summed E-state index contributed by atoms with van der Waals surface area (Å²) >= 11 is 0. The molecule has 3 N–H and O–H groups in total. The van der Waals surface area contributed by atoms with Gasteiger partial charge in [0.25, 0.3) is 5.56 Å². The quantitative estimate of drug-likeness (QED) is 0.580. The lowest BCUT2D eigenvalue weighted by molar-refractivity contribution is 0.367. The van der Waals surface area contributed by atoms with E-state index in [1.54, 1.807) is 0 Å². The molecule has 4 heteroatoms. The number of hydrogen-bond acceptors (Lipinski definition) is 3. The van der Waals surface area contributed by atoms with Gasteiger partial charge in [0, 0.05) is 6.42 Å². The van der Waals surface area contributed by atoms with Gasteiger partial charge in [0.2, 0.25) is 0 Å². The molecule has 60 valence electrons. The number of aromatic nitrogens is 1. The SMILES string of the molecule is NCC1Cc2o[nH]c(=O)c2C1. The summed E-state index contributed by atoms with van der Waals surface area (Å²) in [5.41, 5.74) is 6.17. The van der Waals surface area contributed by atoms with Gasteiger partial charge in [-0.05, 0) is 18.9 Å². The van der Waals surface area contributed by atoms with Crippen molar-refractivity contribution in [1.29, 1.82) is 0 Å². The Hall–Kier alpha value is -1.03. The molecule has 1 unspecified atom stereocenters. The Labute approximate surface area is 63.4 Å². The van der Waals surface area contributed by atoms with E-state index in [2.05, 4.69) is 5.16 Å². The second kappa shape index (κ2) is 2.23. The first-order chi connectivity index (χ1) is 5.31. The van der Waals surface area contributed by atoms with Crippen LogP contribution >= 0.6 is 0 Å². The summed E-state index contributed by atoms with van der Waals surface area (Å²) in [5, 5.41) is 2.31. The zero-order chi connectivity index (χ0) is 7.84. The molecule has 1 aromatic rings. The topological polar surface area (TPSA) is 72.0 Å². The highest BCUT2D eigenvalue weighted by molar-refractivity contribution is 5.20. The molecule has 0 bridgehead atoms. The van der Waals surface area contributed by atoms with Crippen LogP contribution in [0.2, 0.25) is 0 Å². The molecular weight excluding hydrogens is 144 g/mol. The van der Waals surface area contributed by atoms with E-state index in [9.17, 15) is 4.79 Å². The van der Waals surface area contributed by atoms with Gasteiger partial charge in [-0.2, -0.15) is 5.16 Å². The van der Waals surface area contributed by atoms with Gasteiger partial charge in [0.15, 0.2) is 0 Å². The fourth-order valence-corrected chi connectivity index (χ4v) is 1.52. The van der Waals surface area contributed by atoms with Crippen LogP contribution in [-0.4, -0.2) is 11.7 Å². The summed E-state index contributed by atoms with van der Waals surface area (Å²) in [6, 6.07) is 0. The molecule has 2 rings (SSSR count). The molecule has 4 nitrogen and oxygen atoms in total. The van der Waals surface area contributed by atoms with Gasteiger partial charge in [0.1, 0.15) is 5.76 Å². The van der Waals surface area contributed by atoms with Crippen LogP contribution in [-0.2, 0) is 12.8 Å². The van der Waals surface area contributed by atoms with E-state index in [1.165, 1.54) is 0 Å². The third-order valence-electron chi connectivity index (χ3n) is 2.18. The van der Waals surface area contributed by atoms with E-state index in [0.717, 1.165) is 24.2 Å². The lowest BCUT2D eigenvalue weighted by Gasteiger charge is -2.00. The van der Waals surface area contributed by atoms with E-state index in [1.807, 2.05) is 0 Å². The van der Waals surface area contributed by atoms with Gasteiger partial charge < -0.3 is 10.3 Å². The van der Waals surface area contributed by atoms with Crippen molar-refractivity contribution in [3.05, 3.63) is 21.7 Å². The number of fused-ring (bicyclic) bond motifs is 1. The fraction of sp³-hybridized carbons (Fsp3) is 0.571. The molecule has 0 radical (unpaired) electrons. The molecule has 1 aliphatic rings. The molecule has 1 aliphatic carbocycles. The minimum absolute atomic E-state index is 0.0871. The number of H-pyrrole nitrogens is 1. The minimum Gasteiger partial charge on any atom is -0.383 e. The predicted octanol–water partition coefficient (Wildman–Crippen LogP) is -0.359. The van der Waals surface area contributed by atoms with Gasteiger partial charge in [-0.25, -0.2) is 0 Å². The van der Waals surface area contributed by atoms with Crippen molar-refractivity contribution in [2.75, 3.05) is 6.54 Å². The van der Waals surface area contributed by atoms with Gasteiger partial charge in [-0.1, -0.05) is 0 Å². The Kier molecular flexibility index (Phi) is 1.35. The van der Waals surface area contributed by atoms with Crippen molar-refractivity contribution < 1.29 is 4.52 Å². The molecule has 0 spiro atoms. The second-order valence-corrected chi connectivity index (χ2v) is 2.94. The highest BCUT2D eigenvalue weighted by Crippen LogP contribution is 2.22. The van der Waals surface area contributed by atoms with Crippen molar-refractivity contribution in [3.8, 4) is 0 Å². The number of nitrogens with one attached hydrogen (secondary N) is 1. The van der Waals surface area contributed by atoms with E-state index in [-0.39, 0.29) is 5.56 Å². The lowest BCUT2D eigenvalue weighted by Crippen LogP contribution is -2.16. The maximum atomic E-state index is 11.0. The molecule has 1 aromatic heterocycles. The Morgan fingerprint density at radius 3 is 3.09 bits per heavy atom. The molecule has 0 amide bonds. The lowest BCUT2D eigenvalue weighted by atomic mass is 10.1. The Morgan fingerprint density at radius 1 is 1.64 bits per heavy atom. The van der Waals surface area contributed by atoms with Crippen LogP contribution in [0.3, 0.4) is 0 Å². The summed E-state index contributed by atoms with van der Waals surface area (Å²) in [7, 11) is 0. The number of hydrogen-bond donors (Lipinski definition) is 2. The number of nitrogens with two attached hydrogens (primary N) is 1. The third-order valence-corrected chi connectivity index (χ3v) is 2.18. The van der Waals surface area contributed by atoms with Crippen LogP contribution in [0.4, 0.5) is 0 Å². The first kappa shape index (κ1) is 6.67. The van der Waals surface area contributed by atoms with Gasteiger partial charge in [0.05, 0.1) is 5.56 Å². The molecular formula is C7H10N2O2. The van der Waals surface area contributed by atoms with Crippen LogP contribution in [0, 0.1) is 5.92 Å². The molecule has 0 aliphatic heterocycles. The minimum atomic E-state index is -0.0871. The Balaban J connectivity index is 2.35. The zero-order valence-corrected chi connectivity index (χ0v) is 6.09. The van der Waals surface area contributed by atoms with Crippen molar-refractivity contribution in [1.82, 2.24) is 5.16 Å². The predicted molar refractivity (Wildman–Crippen MR) is 39.3 cm³/mol. The monoisotopic (exact) mass is 154 g/mol. The van der Waals surface area contributed by atoms with Crippen molar-refractivity contribution in [2.45, 2.75) is 12.8 Å². The number of rotatable bonds is 1. The van der Waals surface area contributed by atoms with Crippen molar-refractivity contribution in [3.63, 3.8) is 0 Å². The Bertz CT molecular complexity index is 312. The maximum Gasteiger partial charge on any atom is 0.283 e. The second-order valence-electron chi connectivity index (χ2n) is 2.94. The standard InChI is InChI=1S/C7H10N2O2/c8-3-4-1-5-6(2-4)11-9-7(5)10/h4H,1-3,8H2,(H,9,10).